The van der Waals surface area contributed by atoms with Crippen LogP contribution in [-0.4, -0.2) is 31.7 Å². The van der Waals surface area contributed by atoms with E-state index in [2.05, 4.69) is 11.2 Å². The van der Waals surface area contributed by atoms with Gasteiger partial charge in [-0.25, -0.2) is 4.79 Å². The lowest BCUT2D eigenvalue weighted by molar-refractivity contribution is 0.0512. The van der Waals surface area contributed by atoms with Crippen molar-refractivity contribution in [2.45, 2.75) is 38.6 Å². The van der Waals surface area contributed by atoms with Crippen LogP contribution in [-0.2, 0) is 18.3 Å². The summed E-state index contributed by atoms with van der Waals surface area (Å²) >= 11 is 0. The Bertz CT molecular complexity index is 361. The van der Waals surface area contributed by atoms with Crippen LogP contribution in [0.3, 0.4) is 0 Å². The van der Waals surface area contributed by atoms with Gasteiger partial charge < -0.3 is 19.1 Å². The molecule has 1 atom stereocenters. The van der Waals surface area contributed by atoms with E-state index in [0.717, 1.165) is 0 Å². The second-order valence-electron chi connectivity index (χ2n) is 4.48. The lowest BCUT2D eigenvalue weighted by Crippen LogP contribution is -2.39. The number of terminal acetylenes is 1. The first-order valence-corrected chi connectivity index (χ1v) is 6.94. The smallest absolute Gasteiger partial charge is 0.408 e. The Labute approximate surface area is 108 Å². The van der Waals surface area contributed by atoms with Crippen LogP contribution >= 0.6 is 7.60 Å². The molecule has 0 rings (SSSR count). The highest BCUT2D eigenvalue weighted by molar-refractivity contribution is 7.54. The monoisotopic (exact) mass is 277 g/mol. The number of amides is 1. The third-order valence-corrected chi connectivity index (χ3v) is 3.98. The van der Waals surface area contributed by atoms with E-state index in [1.54, 1.807) is 20.8 Å². The lowest BCUT2D eigenvalue weighted by Gasteiger charge is -2.26. The molecule has 0 fully saturated rings. The normalized spacial score (nSPS) is 13.6. The number of hydrogen-bond donors (Lipinski definition) is 1. The Kier molecular flexibility index (Phi) is 6.41. The maximum Gasteiger partial charge on any atom is 0.408 e. The Morgan fingerprint density at radius 2 is 1.89 bits per heavy atom. The average molecular weight is 277 g/mol. The summed E-state index contributed by atoms with van der Waals surface area (Å²) in [7, 11) is -1.03. The number of nitrogens with one attached hydrogen (secondary N) is 1. The maximum absolute atomic E-state index is 12.1. The zero-order valence-electron chi connectivity index (χ0n) is 11.4. The van der Waals surface area contributed by atoms with Crippen molar-refractivity contribution in [3.05, 3.63) is 0 Å². The van der Waals surface area contributed by atoms with Crippen molar-refractivity contribution < 1.29 is 23.1 Å². The molecule has 104 valence electrons. The number of alkyl carbamates (subject to hydrolysis) is 1. The molecular formula is C11H20NO5P. The summed E-state index contributed by atoms with van der Waals surface area (Å²) in [6, 6.07) is 0. The van der Waals surface area contributed by atoms with Gasteiger partial charge in [-0.05, 0) is 20.8 Å². The van der Waals surface area contributed by atoms with Crippen molar-refractivity contribution in [2.75, 3.05) is 14.2 Å². The topological polar surface area (TPSA) is 73.9 Å². The standard InChI is InChI=1S/C11H20NO5P/c1-7-8-9(18(14,15-5)16-6)12-10(13)17-11(2,3)4/h1,9H,8H2,2-6H3,(H,12,13). The highest BCUT2D eigenvalue weighted by Gasteiger charge is 2.35. The SMILES string of the molecule is C#CCC(NC(=O)OC(C)(C)C)P(=O)(OC)OC. The fourth-order valence-corrected chi connectivity index (χ4v) is 2.38. The fraction of sp³-hybridized carbons (Fsp3) is 0.727. The molecule has 7 heteroatoms. The average Bonchev–Trinajstić information content (AvgIpc) is 2.25. The van der Waals surface area contributed by atoms with Crippen LogP contribution in [0.2, 0.25) is 0 Å². The van der Waals surface area contributed by atoms with Gasteiger partial charge >= 0.3 is 13.7 Å². The third-order valence-electron chi connectivity index (χ3n) is 1.89. The van der Waals surface area contributed by atoms with E-state index in [0.29, 0.717) is 0 Å². The van der Waals surface area contributed by atoms with Crippen LogP contribution in [0.1, 0.15) is 27.2 Å². The Hall–Kier alpha value is -1.02. The van der Waals surface area contributed by atoms with Crippen LogP contribution in [0, 0.1) is 12.3 Å². The molecule has 0 aliphatic carbocycles. The van der Waals surface area contributed by atoms with Gasteiger partial charge in [0.05, 0.1) is 0 Å². The summed E-state index contributed by atoms with van der Waals surface area (Å²) in [5, 5.41) is 2.40. The molecule has 0 aromatic carbocycles. The van der Waals surface area contributed by atoms with Crippen LogP contribution in [0.5, 0.6) is 0 Å². The van der Waals surface area contributed by atoms with Gasteiger partial charge in [-0.2, -0.15) is 0 Å². The van der Waals surface area contributed by atoms with Crippen LogP contribution < -0.4 is 5.32 Å². The maximum atomic E-state index is 12.1. The molecule has 1 unspecified atom stereocenters. The summed E-state index contributed by atoms with van der Waals surface area (Å²) in [6.45, 7) is 5.15. The number of carbonyl (C=O) groups excluding carboxylic acids is 1. The molecule has 1 N–H and O–H groups in total. The van der Waals surface area contributed by atoms with Gasteiger partial charge in [0.15, 0.2) is 0 Å². The molecular weight excluding hydrogens is 257 g/mol. The highest BCUT2D eigenvalue weighted by atomic mass is 31.2. The van der Waals surface area contributed by atoms with E-state index in [9.17, 15) is 9.36 Å². The first-order chi connectivity index (χ1) is 8.18. The molecule has 0 saturated heterocycles. The van der Waals surface area contributed by atoms with Gasteiger partial charge in [0.1, 0.15) is 11.4 Å². The molecule has 0 aliphatic heterocycles. The first kappa shape index (κ1) is 17.0. The summed E-state index contributed by atoms with van der Waals surface area (Å²) in [4.78, 5) is 11.6. The third kappa shape index (κ3) is 5.54. The minimum atomic E-state index is -3.48. The van der Waals surface area contributed by atoms with Crippen molar-refractivity contribution >= 4 is 13.7 Å². The van der Waals surface area contributed by atoms with E-state index < -0.39 is 25.1 Å². The molecule has 0 aromatic heterocycles. The summed E-state index contributed by atoms with van der Waals surface area (Å²) in [5.41, 5.74) is -0.658. The van der Waals surface area contributed by atoms with E-state index >= 15 is 0 Å². The van der Waals surface area contributed by atoms with Gasteiger partial charge in [-0.1, -0.05) is 0 Å². The fourth-order valence-electron chi connectivity index (χ4n) is 1.13. The Morgan fingerprint density at radius 1 is 1.39 bits per heavy atom. The molecule has 6 nitrogen and oxygen atoms in total. The van der Waals surface area contributed by atoms with E-state index in [1.807, 2.05) is 0 Å². The predicted octanol–water partition coefficient (Wildman–Crippen LogP) is 2.35. The lowest BCUT2D eigenvalue weighted by atomic mass is 10.2. The van der Waals surface area contributed by atoms with E-state index in [4.69, 9.17) is 20.2 Å². The van der Waals surface area contributed by atoms with Crippen LogP contribution in [0.4, 0.5) is 4.79 Å². The second-order valence-corrected chi connectivity index (χ2v) is 6.91. The van der Waals surface area contributed by atoms with Gasteiger partial charge in [-0.3, -0.25) is 4.57 Å². The van der Waals surface area contributed by atoms with E-state index in [1.165, 1.54) is 14.2 Å². The Balaban J connectivity index is 4.80. The number of ether oxygens (including phenoxy) is 1. The zero-order valence-corrected chi connectivity index (χ0v) is 12.2. The molecule has 0 aliphatic rings. The van der Waals surface area contributed by atoms with Crippen molar-refractivity contribution in [3.63, 3.8) is 0 Å². The van der Waals surface area contributed by atoms with Gasteiger partial charge in [0, 0.05) is 20.6 Å². The molecule has 0 aromatic rings. The molecule has 1 amide bonds. The molecule has 0 bridgehead atoms. The number of hydrogen-bond acceptors (Lipinski definition) is 5. The molecule has 0 saturated carbocycles. The quantitative estimate of drug-likeness (QED) is 0.616. The van der Waals surface area contributed by atoms with E-state index in [-0.39, 0.29) is 6.42 Å². The van der Waals surface area contributed by atoms with Crippen LogP contribution in [0.15, 0.2) is 0 Å². The van der Waals surface area contributed by atoms with Gasteiger partial charge in [0.25, 0.3) is 0 Å². The second kappa shape index (κ2) is 6.79. The predicted molar refractivity (Wildman–Crippen MR) is 68.2 cm³/mol. The van der Waals surface area contributed by atoms with Crippen LogP contribution in [0.25, 0.3) is 0 Å². The minimum absolute atomic E-state index is 0.0121. The minimum Gasteiger partial charge on any atom is -0.444 e. The summed E-state index contributed by atoms with van der Waals surface area (Å²) < 4.78 is 26.8. The van der Waals surface area contributed by atoms with Crippen molar-refractivity contribution in [1.29, 1.82) is 0 Å². The van der Waals surface area contributed by atoms with Crippen molar-refractivity contribution in [2.24, 2.45) is 0 Å². The number of rotatable bonds is 5. The zero-order chi connectivity index (χ0) is 14.4. The first-order valence-electron chi connectivity index (χ1n) is 5.32. The van der Waals surface area contributed by atoms with Gasteiger partial charge in [0.2, 0.25) is 0 Å². The van der Waals surface area contributed by atoms with Gasteiger partial charge in [-0.15, -0.1) is 12.3 Å². The molecule has 18 heavy (non-hydrogen) atoms. The highest BCUT2D eigenvalue weighted by Crippen LogP contribution is 2.51. The number of carbonyl (C=O) groups is 1. The molecule has 0 heterocycles. The van der Waals surface area contributed by atoms with Crippen molar-refractivity contribution in [1.82, 2.24) is 5.32 Å². The molecule has 0 radical (unpaired) electrons. The summed E-state index contributed by atoms with van der Waals surface area (Å²) in [5.74, 6) is 1.37. The molecule has 0 spiro atoms. The summed E-state index contributed by atoms with van der Waals surface area (Å²) in [6.07, 6.45) is 4.45. The van der Waals surface area contributed by atoms with Crippen molar-refractivity contribution in [3.8, 4) is 12.3 Å². The largest absolute Gasteiger partial charge is 0.444 e. The Morgan fingerprint density at radius 3 is 2.22 bits per heavy atom.